The SMILES string of the molecule is CC(C)n1ncc(Br)c1C(O)CS(C)(=O)=O. The summed E-state index contributed by atoms with van der Waals surface area (Å²) in [5.74, 6) is -0.302. The van der Waals surface area contributed by atoms with Crippen molar-refractivity contribution >= 4 is 25.8 Å². The van der Waals surface area contributed by atoms with E-state index in [1.807, 2.05) is 13.8 Å². The Labute approximate surface area is 104 Å². The molecule has 0 fully saturated rings. The number of hydrogen-bond donors (Lipinski definition) is 1. The first-order chi connectivity index (χ1) is 7.22. The van der Waals surface area contributed by atoms with Crippen LogP contribution in [-0.4, -0.2) is 35.3 Å². The van der Waals surface area contributed by atoms with Gasteiger partial charge in [-0.15, -0.1) is 0 Å². The number of sulfone groups is 1. The lowest BCUT2D eigenvalue weighted by Gasteiger charge is -2.15. The van der Waals surface area contributed by atoms with Crippen molar-refractivity contribution in [3.8, 4) is 0 Å². The third kappa shape index (κ3) is 3.29. The molecule has 16 heavy (non-hydrogen) atoms. The topological polar surface area (TPSA) is 72.2 Å². The molecular weight excluding hydrogens is 296 g/mol. The van der Waals surface area contributed by atoms with E-state index in [0.717, 1.165) is 6.26 Å². The first kappa shape index (κ1) is 13.7. The van der Waals surface area contributed by atoms with Crippen LogP contribution in [0.1, 0.15) is 31.7 Å². The van der Waals surface area contributed by atoms with E-state index in [4.69, 9.17) is 0 Å². The molecular formula is C9H15BrN2O3S. The van der Waals surface area contributed by atoms with Gasteiger partial charge < -0.3 is 5.11 Å². The average molecular weight is 311 g/mol. The van der Waals surface area contributed by atoms with Gasteiger partial charge in [0.15, 0.2) is 0 Å². The molecule has 0 aliphatic carbocycles. The molecule has 0 radical (unpaired) electrons. The monoisotopic (exact) mass is 310 g/mol. The smallest absolute Gasteiger partial charge is 0.150 e. The quantitative estimate of drug-likeness (QED) is 0.910. The van der Waals surface area contributed by atoms with Crippen LogP contribution in [-0.2, 0) is 9.84 Å². The largest absolute Gasteiger partial charge is 0.386 e. The lowest BCUT2D eigenvalue weighted by Crippen LogP contribution is -2.18. The summed E-state index contributed by atoms with van der Waals surface area (Å²) >= 11 is 3.26. The summed E-state index contributed by atoms with van der Waals surface area (Å²) in [5.41, 5.74) is 0.500. The van der Waals surface area contributed by atoms with E-state index in [0.29, 0.717) is 10.2 Å². The number of rotatable bonds is 4. The van der Waals surface area contributed by atoms with Gasteiger partial charge in [0.25, 0.3) is 0 Å². The molecule has 5 nitrogen and oxygen atoms in total. The second-order valence-corrected chi connectivity index (χ2v) is 7.06. The van der Waals surface area contributed by atoms with Gasteiger partial charge in [-0.1, -0.05) is 0 Å². The van der Waals surface area contributed by atoms with Crippen molar-refractivity contribution in [2.45, 2.75) is 26.0 Å². The first-order valence-corrected chi connectivity index (χ1v) is 7.66. The molecule has 1 atom stereocenters. The molecule has 0 saturated carbocycles. The normalized spacial score (nSPS) is 14.4. The zero-order valence-electron chi connectivity index (χ0n) is 9.38. The van der Waals surface area contributed by atoms with Gasteiger partial charge >= 0.3 is 0 Å². The van der Waals surface area contributed by atoms with Crippen LogP contribution in [0.4, 0.5) is 0 Å². The highest BCUT2D eigenvalue weighted by Gasteiger charge is 2.22. The van der Waals surface area contributed by atoms with Gasteiger partial charge in [-0.25, -0.2) is 8.42 Å². The molecule has 0 aliphatic rings. The summed E-state index contributed by atoms with van der Waals surface area (Å²) in [6.07, 6.45) is 1.59. The molecule has 1 heterocycles. The van der Waals surface area contributed by atoms with Crippen molar-refractivity contribution in [3.05, 3.63) is 16.4 Å². The van der Waals surface area contributed by atoms with Gasteiger partial charge in [0.2, 0.25) is 0 Å². The van der Waals surface area contributed by atoms with Crippen LogP contribution in [0.3, 0.4) is 0 Å². The van der Waals surface area contributed by atoms with Gasteiger partial charge in [0.05, 0.1) is 22.1 Å². The number of aliphatic hydroxyl groups is 1. The Hall–Kier alpha value is -0.400. The highest BCUT2D eigenvalue weighted by atomic mass is 79.9. The van der Waals surface area contributed by atoms with Gasteiger partial charge in [-0.05, 0) is 29.8 Å². The maximum Gasteiger partial charge on any atom is 0.150 e. The van der Waals surface area contributed by atoms with E-state index in [1.165, 1.54) is 0 Å². The van der Waals surface area contributed by atoms with Crippen LogP contribution >= 0.6 is 15.9 Å². The Morgan fingerprint density at radius 2 is 2.12 bits per heavy atom. The molecule has 92 valence electrons. The molecule has 0 bridgehead atoms. The van der Waals surface area contributed by atoms with Crippen molar-refractivity contribution < 1.29 is 13.5 Å². The lowest BCUT2D eigenvalue weighted by atomic mass is 10.2. The highest BCUT2D eigenvalue weighted by Crippen LogP contribution is 2.26. The van der Waals surface area contributed by atoms with E-state index in [9.17, 15) is 13.5 Å². The fourth-order valence-corrected chi connectivity index (χ4v) is 2.71. The zero-order valence-corrected chi connectivity index (χ0v) is 11.8. The number of halogens is 1. The second kappa shape index (κ2) is 4.85. The lowest BCUT2D eigenvalue weighted by molar-refractivity contribution is 0.186. The zero-order chi connectivity index (χ0) is 12.5. The Morgan fingerprint density at radius 1 is 1.56 bits per heavy atom. The van der Waals surface area contributed by atoms with E-state index >= 15 is 0 Å². The second-order valence-electron chi connectivity index (χ2n) is 4.02. The first-order valence-electron chi connectivity index (χ1n) is 4.81. The summed E-state index contributed by atoms with van der Waals surface area (Å²) in [7, 11) is -3.22. The Bertz CT molecular complexity index is 467. The number of aliphatic hydroxyl groups excluding tert-OH is 1. The van der Waals surface area contributed by atoms with Crippen LogP contribution in [0.2, 0.25) is 0 Å². The molecule has 1 aromatic rings. The average Bonchev–Trinajstić information content (AvgIpc) is 2.43. The van der Waals surface area contributed by atoms with Crippen LogP contribution in [0.5, 0.6) is 0 Å². The summed E-state index contributed by atoms with van der Waals surface area (Å²) in [5, 5.41) is 14.0. The van der Waals surface area contributed by atoms with Crippen LogP contribution < -0.4 is 0 Å². The van der Waals surface area contributed by atoms with Crippen molar-refractivity contribution in [1.82, 2.24) is 9.78 Å². The minimum absolute atomic E-state index is 0.0653. The summed E-state index contributed by atoms with van der Waals surface area (Å²) in [6.45, 7) is 3.83. The fraction of sp³-hybridized carbons (Fsp3) is 0.667. The minimum atomic E-state index is -3.22. The predicted molar refractivity (Wildman–Crippen MR) is 65.0 cm³/mol. The Morgan fingerprint density at radius 3 is 2.56 bits per heavy atom. The molecule has 7 heteroatoms. The van der Waals surface area contributed by atoms with Crippen molar-refractivity contribution in [2.75, 3.05) is 12.0 Å². The highest BCUT2D eigenvalue weighted by molar-refractivity contribution is 9.10. The molecule has 0 aliphatic heterocycles. The van der Waals surface area contributed by atoms with Gasteiger partial charge in [-0.2, -0.15) is 5.10 Å². The van der Waals surface area contributed by atoms with Gasteiger partial charge in [0.1, 0.15) is 15.9 Å². The Kier molecular flexibility index (Phi) is 4.14. The maximum absolute atomic E-state index is 11.1. The summed E-state index contributed by atoms with van der Waals surface area (Å²) in [6, 6.07) is 0.0653. The van der Waals surface area contributed by atoms with E-state index < -0.39 is 15.9 Å². The maximum atomic E-state index is 11.1. The van der Waals surface area contributed by atoms with Crippen molar-refractivity contribution in [2.24, 2.45) is 0 Å². The van der Waals surface area contributed by atoms with Crippen LogP contribution in [0.25, 0.3) is 0 Å². The third-order valence-corrected chi connectivity index (χ3v) is 3.58. The van der Waals surface area contributed by atoms with E-state index in [-0.39, 0.29) is 11.8 Å². The van der Waals surface area contributed by atoms with Crippen molar-refractivity contribution in [3.63, 3.8) is 0 Å². The summed E-state index contributed by atoms with van der Waals surface area (Å²) in [4.78, 5) is 0. The van der Waals surface area contributed by atoms with E-state index in [1.54, 1.807) is 10.9 Å². The molecule has 1 rings (SSSR count). The van der Waals surface area contributed by atoms with Crippen LogP contribution in [0, 0.1) is 0 Å². The molecule has 0 spiro atoms. The molecule has 1 N–H and O–H groups in total. The number of aromatic nitrogens is 2. The van der Waals surface area contributed by atoms with Gasteiger partial charge in [0, 0.05) is 12.3 Å². The minimum Gasteiger partial charge on any atom is -0.386 e. The number of nitrogens with zero attached hydrogens (tertiary/aromatic N) is 2. The Balaban J connectivity index is 3.07. The van der Waals surface area contributed by atoms with Crippen LogP contribution in [0.15, 0.2) is 10.7 Å². The molecule has 0 aromatic carbocycles. The molecule has 1 unspecified atom stereocenters. The fourth-order valence-electron chi connectivity index (χ4n) is 1.44. The molecule has 0 saturated heterocycles. The third-order valence-electron chi connectivity index (χ3n) is 2.05. The van der Waals surface area contributed by atoms with Gasteiger partial charge in [-0.3, -0.25) is 4.68 Å². The standard InChI is InChI=1S/C9H15BrN2O3S/c1-6(2)12-9(7(10)4-11-12)8(13)5-16(3,14)15/h4,6,8,13H,5H2,1-3H3. The summed E-state index contributed by atoms with van der Waals surface area (Å²) < 4.78 is 24.5. The van der Waals surface area contributed by atoms with Crippen molar-refractivity contribution in [1.29, 1.82) is 0 Å². The molecule has 1 aromatic heterocycles. The van der Waals surface area contributed by atoms with E-state index in [2.05, 4.69) is 21.0 Å². The predicted octanol–water partition coefficient (Wildman–Crippen LogP) is 1.30. The number of hydrogen-bond acceptors (Lipinski definition) is 4. The molecule has 0 amide bonds.